The molecule has 82 heavy (non-hydrogen) atoms. The van der Waals surface area contributed by atoms with Crippen LogP contribution in [0.25, 0.3) is 154 Å². The number of nitrogens with zero attached hydrogens (tertiary/aromatic N) is 4. The van der Waals surface area contributed by atoms with Crippen LogP contribution >= 0.6 is 11.3 Å². The van der Waals surface area contributed by atoms with Crippen LogP contribution in [0.3, 0.4) is 0 Å². The zero-order valence-electron chi connectivity index (χ0n) is 44.3. The third-order valence-electron chi connectivity index (χ3n) is 15.4. The van der Waals surface area contributed by atoms with Gasteiger partial charge in [-0.1, -0.05) is 231 Å². The third kappa shape index (κ3) is 9.03. The van der Waals surface area contributed by atoms with Gasteiger partial charge in [0.05, 0.1) is 32.6 Å². The molecule has 0 N–H and O–H groups in total. The number of pyridine rings is 2. The lowest BCUT2D eigenvalue weighted by Crippen LogP contribution is -1.92. The lowest BCUT2D eigenvalue weighted by molar-refractivity contribution is 0.620. The van der Waals surface area contributed by atoms with Crippen LogP contribution in [-0.4, -0.2) is 19.9 Å². The fraction of sp³-hybridized carbons (Fsp3) is 0. The Kier molecular flexibility index (Phi) is 12.3. The zero-order valence-corrected chi connectivity index (χ0v) is 45.1. The van der Waals surface area contributed by atoms with Gasteiger partial charge in [-0.2, -0.15) is 0 Å². The fourth-order valence-corrected chi connectivity index (χ4v) is 12.4. The van der Waals surface area contributed by atoms with Crippen molar-refractivity contribution in [3.8, 4) is 89.0 Å². The Morgan fingerprint density at radius 3 is 1.21 bits per heavy atom. The molecule has 0 radical (unpaired) electrons. The Morgan fingerprint density at radius 2 is 0.671 bits per heavy atom. The summed E-state index contributed by atoms with van der Waals surface area (Å²) in [5.41, 5.74) is 20.6. The lowest BCUT2D eigenvalue weighted by Gasteiger charge is -2.15. The van der Waals surface area contributed by atoms with Gasteiger partial charge in [0, 0.05) is 54.6 Å². The van der Waals surface area contributed by atoms with Gasteiger partial charge in [0.1, 0.15) is 10.5 Å². The molecule has 0 amide bonds. The molecular formula is C76H48N4OS. The maximum Gasteiger partial charge on any atom is 0.227 e. The van der Waals surface area contributed by atoms with E-state index in [0.29, 0.717) is 5.89 Å². The number of aromatic nitrogens is 4. The number of para-hydroxylation sites is 5. The van der Waals surface area contributed by atoms with Crippen LogP contribution in [0.5, 0.6) is 0 Å². The SMILES string of the molecule is c1ccc(-c2nc3ccccc3c3c(-c4cccc(-c5ccc(-c6nc7ccccc7o6)cc5)c4)cccc23)cc1.c1ccc(-c2nc3ccccc3c3c(-c4cccc(-c5ccc(-c6nc7ccccc7s6)cc5)c4)cccc23)cc1. The normalized spacial score (nSPS) is 11.4. The predicted molar refractivity (Wildman–Crippen MR) is 343 cm³/mol. The van der Waals surface area contributed by atoms with Crippen molar-refractivity contribution in [2.75, 3.05) is 0 Å². The summed E-state index contributed by atoms with van der Waals surface area (Å²) in [6.07, 6.45) is 0. The average molecular weight is 1070 g/mol. The summed E-state index contributed by atoms with van der Waals surface area (Å²) in [6, 6.07) is 102. The molecule has 384 valence electrons. The first-order valence-electron chi connectivity index (χ1n) is 27.5. The lowest BCUT2D eigenvalue weighted by atomic mass is 9.91. The van der Waals surface area contributed by atoms with Gasteiger partial charge in [-0.05, 0) is 105 Å². The molecule has 0 unspecified atom stereocenters. The molecule has 16 aromatic rings. The molecule has 0 aliphatic carbocycles. The highest BCUT2D eigenvalue weighted by atomic mass is 32.1. The van der Waals surface area contributed by atoms with E-state index < -0.39 is 0 Å². The van der Waals surface area contributed by atoms with Crippen molar-refractivity contribution in [3.05, 3.63) is 291 Å². The molecule has 16 rings (SSSR count). The molecule has 5 nitrogen and oxygen atoms in total. The molecular weight excluding hydrogens is 1020 g/mol. The number of thiazole rings is 1. The van der Waals surface area contributed by atoms with Crippen molar-refractivity contribution < 1.29 is 4.42 Å². The zero-order chi connectivity index (χ0) is 54.3. The molecule has 4 heterocycles. The number of hydrogen-bond acceptors (Lipinski definition) is 6. The molecule has 0 bridgehead atoms. The van der Waals surface area contributed by atoms with E-state index in [1.165, 1.54) is 54.2 Å². The van der Waals surface area contributed by atoms with Crippen LogP contribution in [-0.2, 0) is 0 Å². The second-order valence-corrected chi connectivity index (χ2v) is 21.5. The highest BCUT2D eigenvalue weighted by Crippen LogP contribution is 2.42. The molecule has 0 aliphatic rings. The van der Waals surface area contributed by atoms with E-state index in [9.17, 15) is 0 Å². The van der Waals surface area contributed by atoms with Gasteiger partial charge in [-0.3, -0.25) is 0 Å². The van der Waals surface area contributed by atoms with E-state index >= 15 is 0 Å². The van der Waals surface area contributed by atoms with Crippen LogP contribution in [0.1, 0.15) is 0 Å². The maximum atomic E-state index is 5.98. The van der Waals surface area contributed by atoms with E-state index in [4.69, 9.17) is 19.4 Å². The Bertz CT molecular complexity index is 4650. The Hall–Kier alpha value is -10.7. The van der Waals surface area contributed by atoms with Crippen LogP contribution in [0.4, 0.5) is 0 Å². The van der Waals surface area contributed by atoms with Crippen LogP contribution in [0.15, 0.2) is 296 Å². The fourth-order valence-electron chi connectivity index (χ4n) is 11.5. The molecule has 6 heteroatoms. The molecule has 0 fully saturated rings. The average Bonchev–Trinajstić information content (AvgIpc) is 3.87. The molecule has 0 saturated carbocycles. The van der Waals surface area contributed by atoms with E-state index in [-0.39, 0.29) is 0 Å². The number of benzene rings is 12. The van der Waals surface area contributed by atoms with Crippen molar-refractivity contribution in [1.82, 2.24) is 19.9 Å². The summed E-state index contributed by atoms with van der Waals surface area (Å²) in [6.45, 7) is 0. The van der Waals surface area contributed by atoms with Gasteiger partial charge in [-0.15, -0.1) is 11.3 Å². The Labute approximate surface area is 477 Å². The Balaban J connectivity index is 0.000000140. The number of oxazole rings is 1. The van der Waals surface area contributed by atoms with Crippen LogP contribution < -0.4 is 0 Å². The number of fused-ring (bicyclic) bond motifs is 8. The van der Waals surface area contributed by atoms with Gasteiger partial charge in [0.25, 0.3) is 0 Å². The van der Waals surface area contributed by atoms with E-state index in [0.717, 1.165) is 93.6 Å². The quantitative estimate of drug-likeness (QED) is 0.142. The molecule has 0 atom stereocenters. The Morgan fingerprint density at radius 1 is 0.256 bits per heavy atom. The predicted octanol–water partition coefficient (Wildman–Crippen LogP) is 20.9. The second kappa shape index (κ2) is 20.9. The van der Waals surface area contributed by atoms with E-state index in [2.05, 4.69) is 260 Å². The first-order chi connectivity index (χ1) is 40.6. The largest absolute Gasteiger partial charge is 0.436 e. The first kappa shape index (κ1) is 48.5. The highest BCUT2D eigenvalue weighted by molar-refractivity contribution is 7.21. The summed E-state index contributed by atoms with van der Waals surface area (Å²) >= 11 is 1.74. The third-order valence-corrected chi connectivity index (χ3v) is 16.5. The smallest absolute Gasteiger partial charge is 0.227 e. The van der Waals surface area contributed by atoms with E-state index in [1.807, 2.05) is 36.4 Å². The van der Waals surface area contributed by atoms with Gasteiger partial charge in [0.2, 0.25) is 5.89 Å². The van der Waals surface area contributed by atoms with Crippen LogP contribution in [0.2, 0.25) is 0 Å². The second-order valence-electron chi connectivity index (χ2n) is 20.4. The van der Waals surface area contributed by atoms with Gasteiger partial charge in [-0.25, -0.2) is 19.9 Å². The molecule has 0 aliphatic heterocycles. The van der Waals surface area contributed by atoms with Crippen molar-refractivity contribution in [2.45, 2.75) is 0 Å². The highest BCUT2D eigenvalue weighted by Gasteiger charge is 2.18. The summed E-state index contributed by atoms with van der Waals surface area (Å²) in [7, 11) is 0. The monoisotopic (exact) mass is 1060 g/mol. The summed E-state index contributed by atoms with van der Waals surface area (Å²) in [4.78, 5) is 19.7. The standard InChI is InChI=1S/C38H24N2O.C38H24N2S/c2*1-2-10-26(11-3-1)37-32-16-9-15-30(36(32)31-14-4-5-17-33(31)39-37)29-13-8-12-28(24-29)25-20-22-27(23-21-25)38-40-34-18-6-7-19-35(34)41-38/h2*1-24H. The molecule has 12 aromatic carbocycles. The van der Waals surface area contributed by atoms with Gasteiger partial charge >= 0.3 is 0 Å². The number of rotatable bonds is 8. The first-order valence-corrected chi connectivity index (χ1v) is 28.3. The summed E-state index contributed by atoms with van der Waals surface area (Å²) in [5, 5.41) is 8.16. The maximum absolute atomic E-state index is 5.98. The minimum absolute atomic E-state index is 0.636. The van der Waals surface area contributed by atoms with Crippen molar-refractivity contribution >= 4 is 76.0 Å². The summed E-state index contributed by atoms with van der Waals surface area (Å²) < 4.78 is 7.19. The van der Waals surface area contributed by atoms with Crippen molar-refractivity contribution in [3.63, 3.8) is 0 Å². The van der Waals surface area contributed by atoms with Crippen molar-refractivity contribution in [2.24, 2.45) is 0 Å². The van der Waals surface area contributed by atoms with E-state index in [1.54, 1.807) is 11.3 Å². The summed E-state index contributed by atoms with van der Waals surface area (Å²) in [5.74, 6) is 0.636. The van der Waals surface area contributed by atoms with Gasteiger partial charge < -0.3 is 4.42 Å². The number of hydrogen-bond donors (Lipinski definition) is 0. The van der Waals surface area contributed by atoms with Gasteiger partial charge in [0.15, 0.2) is 5.58 Å². The molecule has 0 saturated heterocycles. The van der Waals surface area contributed by atoms with Crippen molar-refractivity contribution in [1.29, 1.82) is 0 Å². The topological polar surface area (TPSA) is 64.7 Å². The minimum Gasteiger partial charge on any atom is -0.436 e. The molecule has 0 spiro atoms. The minimum atomic E-state index is 0.636. The van der Waals surface area contributed by atoms with Crippen LogP contribution in [0, 0.1) is 0 Å². The molecule has 4 aromatic heterocycles.